The molecule has 1 atom stereocenters. The van der Waals surface area contributed by atoms with Gasteiger partial charge in [0.15, 0.2) is 0 Å². The smallest absolute Gasteiger partial charge is 0.288 e. The van der Waals surface area contributed by atoms with E-state index in [2.05, 4.69) is 46.2 Å². The highest BCUT2D eigenvalue weighted by molar-refractivity contribution is 5.88. The molecule has 6 heteroatoms. The van der Waals surface area contributed by atoms with Gasteiger partial charge in [-0.25, -0.2) is 9.67 Å². The summed E-state index contributed by atoms with van der Waals surface area (Å²) in [7, 11) is 0. The van der Waals surface area contributed by atoms with Gasteiger partial charge in [0.1, 0.15) is 6.33 Å². The van der Waals surface area contributed by atoms with Gasteiger partial charge in [-0.05, 0) is 56.8 Å². The molecule has 2 N–H and O–H groups in total. The average Bonchev–Trinajstić information content (AvgIpc) is 3.07. The van der Waals surface area contributed by atoms with Gasteiger partial charge in [0.2, 0.25) is 5.82 Å². The van der Waals surface area contributed by atoms with Crippen molar-refractivity contribution in [2.75, 3.05) is 19.6 Å². The number of hydrogen-bond donors (Lipinski definition) is 1. The monoisotopic (exact) mass is 327 g/mol. The number of carbonyl (C=O) groups is 1. The van der Waals surface area contributed by atoms with Gasteiger partial charge in [0.25, 0.3) is 5.91 Å². The predicted octanol–water partition coefficient (Wildman–Crippen LogP) is 1.96. The van der Waals surface area contributed by atoms with E-state index >= 15 is 0 Å². The molecule has 128 valence electrons. The molecule has 0 radical (unpaired) electrons. The number of nitrogens with zero attached hydrogens (tertiary/aromatic N) is 4. The van der Waals surface area contributed by atoms with Crippen LogP contribution in [0.2, 0.25) is 0 Å². The second-order valence-corrected chi connectivity index (χ2v) is 6.54. The molecule has 1 unspecified atom stereocenters. The number of piperidine rings is 1. The van der Waals surface area contributed by atoms with Crippen LogP contribution in [0, 0.1) is 6.92 Å². The van der Waals surface area contributed by atoms with Crippen molar-refractivity contribution in [3.8, 4) is 0 Å². The van der Waals surface area contributed by atoms with E-state index < -0.39 is 5.91 Å². The van der Waals surface area contributed by atoms with E-state index in [1.54, 1.807) is 11.0 Å². The lowest BCUT2D eigenvalue weighted by atomic mass is 10.0. The molecule has 3 rings (SSSR count). The first-order valence-electron chi connectivity index (χ1n) is 8.61. The quantitative estimate of drug-likeness (QED) is 0.880. The summed E-state index contributed by atoms with van der Waals surface area (Å²) in [4.78, 5) is 17.6. The number of likely N-dealkylation sites (tertiary alicyclic amines) is 1. The van der Waals surface area contributed by atoms with E-state index in [1.165, 1.54) is 11.1 Å². The first-order chi connectivity index (χ1) is 11.6. The molecule has 2 aromatic rings. The third kappa shape index (κ3) is 4.00. The number of aryl methyl sites for hydroxylation is 2. The van der Waals surface area contributed by atoms with Gasteiger partial charge in [-0.3, -0.25) is 4.79 Å². The van der Waals surface area contributed by atoms with Crippen molar-refractivity contribution in [3.05, 3.63) is 47.5 Å². The van der Waals surface area contributed by atoms with Gasteiger partial charge in [-0.2, -0.15) is 0 Å². The number of aromatic nitrogens is 3. The lowest BCUT2D eigenvalue weighted by molar-refractivity contribution is 0.0989. The highest BCUT2D eigenvalue weighted by Crippen LogP contribution is 2.21. The molecule has 6 nitrogen and oxygen atoms in total. The Morgan fingerprint density at radius 1 is 1.38 bits per heavy atom. The van der Waals surface area contributed by atoms with Crippen LogP contribution in [0.1, 0.15) is 47.1 Å². The van der Waals surface area contributed by atoms with E-state index in [0.717, 1.165) is 45.3 Å². The Morgan fingerprint density at radius 2 is 2.21 bits per heavy atom. The zero-order valence-electron chi connectivity index (χ0n) is 14.2. The third-order valence-electron chi connectivity index (χ3n) is 4.77. The minimum Gasteiger partial charge on any atom is -0.363 e. The van der Waals surface area contributed by atoms with E-state index in [9.17, 15) is 4.79 Å². The first-order valence-corrected chi connectivity index (χ1v) is 8.61. The van der Waals surface area contributed by atoms with Crippen LogP contribution >= 0.6 is 0 Å². The van der Waals surface area contributed by atoms with Crippen molar-refractivity contribution >= 4 is 5.91 Å². The Kier molecular flexibility index (Phi) is 5.25. The van der Waals surface area contributed by atoms with Crippen LogP contribution in [-0.4, -0.2) is 45.2 Å². The van der Waals surface area contributed by atoms with Gasteiger partial charge in [0.05, 0.1) is 6.04 Å². The molecule has 1 saturated heterocycles. The zero-order chi connectivity index (χ0) is 16.9. The number of primary amides is 1. The average molecular weight is 327 g/mol. The third-order valence-corrected chi connectivity index (χ3v) is 4.77. The van der Waals surface area contributed by atoms with Gasteiger partial charge >= 0.3 is 0 Å². The molecule has 0 spiro atoms. The second kappa shape index (κ2) is 7.57. The molecule has 0 saturated carbocycles. The maximum absolute atomic E-state index is 11.1. The maximum Gasteiger partial charge on any atom is 0.288 e. The van der Waals surface area contributed by atoms with Crippen LogP contribution in [0.3, 0.4) is 0 Å². The van der Waals surface area contributed by atoms with Crippen LogP contribution in [-0.2, 0) is 6.42 Å². The van der Waals surface area contributed by atoms with Crippen LogP contribution < -0.4 is 5.73 Å². The summed E-state index contributed by atoms with van der Waals surface area (Å²) in [6, 6.07) is 8.87. The zero-order valence-corrected chi connectivity index (χ0v) is 14.2. The summed E-state index contributed by atoms with van der Waals surface area (Å²) in [5.41, 5.74) is 8.04. The van der Waals surface area contributed by atoms with Crippen molar-refractivity contribution < 1.29 is 4.79 Å². The molecule has 1 aliphatic heterocycles. The summed E-state index contributed by atoms with van der Waals surface area (Å²) in [6.07, 6.45) is 6.10. The fourth-order valence-electron chi connectivity index (χ4n) is 3.40. The van der Waals surface area contributed by atoms with Gasteiger partial charge in [0, 0.05) is 6.54 Å². The Balaban J connectivity index is 1.52. The second-order valence-electron chi connectivity index (χ2n) is 6.54. The lowest BCUT2D eigenvalue weighted by Gasteiger charge is -2.32. The number of nitrogens with two attached hydrogens (primary N) is 1. The molecule has 1 amide bonds. The fraction of sp³-hybridized carbons (Fsp3) is 0.500. The molecule has 0 bridgehead atoms. The topological polar surface area (TPSA) is 77.0 Å². The van der Waals surface area contributed by atoms with Crippen LogP contribution in [0.15, 0.2) is 30.6 Å². The summed E-state index contributed by atoms with van der Waals surface area (Å²) >= 11 is 0. The Bertz CT molecular complexity index is 696. The van der Waals surface area contributed by atoms with Gasteiger partial charge in [-0.15, -0.1) is 5.10 Å². The standard InChI is InChI=1S/C18H25N5O/c1-14-6-2-3-7-15(14)8-4-10-22-11-5-9-16(12-22)23-13-20-18(21-23)17(19)24/h2-3,6-7,13,16H,4-5,8-12H2,1H3,(H2,19,24). The molecular formula is C18H25N5O. The highest BCUT2D eigenvalue weighted by Gasteiger charge is 2.22. The van der Waals surface area contributed by atoms with Gasteiger partial charge in [-0.1, -0.05) is 24.3 Å². The number of rotatable bonds is 6. The molecule has 1 fully saturated rings. The fourth-order valence-corrected chi connectivity index (χ4v) is 3.40. The van der Waals surface area contributed by atoms with E-state index in [0.29, 0.717) is 0 Å². The Morgan fingerprint density at radius 3 is 2.96 bits per heavy atom. The van der Waals surface area contributed by atoms with Crippen molar-refractivity contribution in [2.45, 2.75) is 38.6 Å². The van der Waals surface area contributed by atoms with Crippen molar-refractivity contribution in [3.63, 3.8) is 0 Å². The minimum absolute atomic E-state index is 0.103. The SMILES string of the molecule is Cc1ccccc1CCCN1CCCC(n2cnc(C(N)=O)n2)C1. The van der Waals surface area contributed by atoms with Crippen LogP contribution in [0.5, 0.6) is 0 Å². The number of hydrogen-bond acceptors (Lipinski definition) is 4. The Labute approximate surface area is 142 Å². The number of amides is 1. The van der Waals surface area contributed by atoms with Gasteiger partial charge < -0.3 is 10.6 Å². The molecule has 24 heavy (non-hydrogen) atoms. The summed E-state index contributed by atoms with van der Waals surface area (Å²) in [6.45, 7) is 5.34. The maximum atomic E-state index is 11.1. The molecule has 1 aliphatic rings. The lowest BCUT2D eigenvalue weighted by Crippen LogP contribution is -2.37. The van der Waals surface area contributed by atoms with Crippen LogP contribution in [0.4, 0.5) is 0 Å². The van der Waals surface area contributed by atoms with Crippen molar-refractivity contribution in [1.29, 1.82) is 0 Å². The Hall–Kier alpha value is -2.21. The predicted molar refractivity (Wildman–Crippen MR) is 92.8 cm³/mol. The van der Waals surface area contributed by atoms with E-state index in [1.807, 2.05) is 0 Å². The summed E-state index contributed by atoms with van der Waals surface area (Å²) in [5.74, 6) is -0.466. The molecule has 0 aliphatic carbocycles. The minimum atomic E-state index is -0.570. The van der Waals surface area contributed by atoms with Crippen molar-refractivity contribution in [2.24, 2.45) is 5.73 Å². The normalized spacial score (nSPS) is 18.6. The van der Waals surface area contributed by atoms with E-state index in [4.69, 9.17) is 5.73 Å². The number of carbonyl (C=O) groups excluding carboxylic acids is 1. The number of benzene rings is 1. The van der Waals surface area contributed by atoms with Crippen molar-refractivity contribution in [1.82, 2.24) is 19.7 Å². The molecule has 1 aromatic heterocycles. The molecular weight excluding hydrogens is 302 g/mol. The summed E-state index contributed by atoms with van der Waals surface area (Å²) in [5, 5.41) is 4.21. The largest absolute Gasteiger partial charge is 0.363 e. The first kappa shape index (κ1) is 16.6. The molecule has 1 aromatic carbocycles. The highest BCUT2D eigenvalue weighted by atomic mass is 16.1. The molecule has 2 heterocycles. The van der Waals surface area contributed by atoms with Crippen LogP contribution in [0.25, 0.3) is 0 Å². The van der Waals surface area contributed by atoms with E-state index in [-0.39, 0.29) is 11.9 Å². The summed E-state index contributed by atoms with van der Waals surface area (Å²) < 4.78 is 1.80.